The van der Waals surface area contributed by atoms with Crippen molar-refractivity contribution in [2.75, 3.05) is 0 Å². The summed E-state index contributed by atoms with van der Waals surface area (Å²) in [5, 5.41) is 4.20. The average molecular weight is 358 g/mol. The molecule has 3 heterocycles. The van der Waals surface area contributed by atoms with E-state index in [0.717, 1.165) is 18.4 Å². The van der Waals surface area contributed by atoms with Crippen molar-refractivity contribution in [2.45, 2.75) is 18.9 Å². The van der Waals surface area contributed by atoms with E-state index < -0.39 is 16.8 Å². The number of nitrogens with one attached hydrogen (secondary N) is 1. The largest absolute Gasteiger partial charge is 0.328 e. The fraction of sp³-hybridized carbons (Fsp3) is 0.176. The second-order valence-electron chi connectivity index (χ2n) is 6.00. The summed E-state index contributed by atoms with van der Waals surface area (Å²) in [5.74, 6) is -0.439. The molecular weight excluding hydrogens is 347 g/mol. The summed E-state index contributed by atoms with van der Waals surface area (Å²) in [6.07, 6.45) is 2.01. The Bertz CT molecular complexity index is 1210. The van der Waals surface area contributed by atoms with Crippen LogP contribution in [0.15, 0.2) is 38.5 Å². The van der Waals surface area contributed by atoms with Crippen LogP contribution in [0.4, 0.5) is 4.39 Å². The van der Waals surface area contributed by atoms with Gasteiger partial charge >= 0.3 is 0 Å². The molecule has 4 aromatic rings. The molecule has 0 saturated heterocycles. The van der Waals surface area contributed by atoms with Gasteiger partial charge in [-0.05, 0) is 58.9 Å². The predicted molar refractivity (Wildman–Crippen MR) is 95.8 cm³/mol. The Morgan fingerprint density at radius 3 is 2.79 bits per heavy atom. The van der Waals surface area contributed by atoms with E-state index in [1.165, 1.54) is 28.9 Å². The van der Waals surface area contributed by atoms with Gasteiger partial charge in [-0.15, -0.1) is 0 Å². The van der Waals surface area contributed by atoms with E-state index in [2.05, 4.69) is 4.37 Å². The van der Waals surface area contributed by atoms with Gasteiger partial charge in [-0.3, -0.25) is 14.0 Å². The average Bonchev–Trinajstić information content (AvgIpc) is 3.10. The van der Waals surface area contributed by atoms with Gasteiger partial charge in [0, 0.05) is 17.0 Å². The smallest absolute Gasteiger partial charge is 0.271 e. The van der Waals surface area contributed by atoms with Crippen LogP contribution in [0.2, 0.25) is 0 Å². The summed E-state index contributed by atoms with van der Waals surface area (Å²) < 4.78 is 19.3. The molecule has 0 atom stereocenters. The second-order valence-corrected chi connectivity index (χ2v) is 7.58. The van der Waals surface area contributed by atoms with E-state index in [4.69, 9.17) is 0 Å². The Hall–Kier alpha value is -2.25. The highest BCUT2D eigenvalue weighted by molar-refractivity contribution is 7.12. The number of aromatic nitrogens is 2. The molecular formula is C17H11FN2O2S2. The first-order valence-electron chi connectivity index (χ1n) is 7.56. The Labute approximate surface area is 143 Å². The zero-order chi connectivity index (χ0) is 16.4. The van der Waals surface area contributed by atoms with Crippen molar-refractivity contribution in [2.24, 2.45) is 0 Å². The highest BCUT2D eigenvalue weighted by atomic mass is 32.1. The molecule has 0 radical (unpaired) electrons. The van der Waals surface area contributed by atoms with Crippen LogP contribution in [0.5, 0.6) is 0 Å². The zero-order valence-corrected chi connectivity index (χ0v) is 14.0. The summed E-state index contributed by atoms with van der Waals surface area (Å²) in [4.78, 5) is 25.4. The van der Waals surface area contributed by atoms with Crippen LogP contribution in [0.1, 0.15) is 18.9 Å². The summed E-state index contributed by atoms with van der Waals surface area (Å²) in [6, 6.07) is 5.15. The van der Waals surface area contributed by atoms with Crippen LogP contribution in [-0.4, -0.2) is 8.94 Å². The fourth-order valence-corrected chi connectivity index (χ4v) is 4.77. The number of fused-ring (bicyclic) bond motifs is 2. The Morgan fingerprint density at radius 2 is 2.08 bits per heavy atom. The number of H-pyrrole nitrogens is 1. The maximum absolute atomic E-state index is 14.6. The second kappa shape index (κ2) is 4.87. The van der Waals surface area contributed by atoms with Gasteiger partial charge in [-0.1, -0.05) is 0 Å². The minimum atomic E-state index is -0.439. The maximum atomic E-state index is 14.6. The van der Waals surface area contributed by atoms with Gasteiger partial charge in [-0.2, -0.15) is 11.3 Å². The molecule has 120 valence electrons. The van der Waals surface area contributed by atoms with E-state index in [-0.39, 0.29) is 16.8 Å². The molecule has 24 heavy (non-hydrogen) atoms. The molecule has 1 fully saturated rings. The van der Waals surface area contributed by atoms with Crippen molar-refractivity contribution < 1.29 is 4.39 Å². The summed E-state index contributed by atoms with van der Waals surface area (Å²) in [7, 11) is 0. The van der Waals surface area contributed by atoms with Crippen LogP contribution >= 0.6 is 22.9 Å². The highest BCUT2D eigenvalue weighted by Crippen LogP contribution is 2.40. The number of hydrogen-bond donors (Lipinski definition) is 1. The van der Waals surface area contributed by atoms with Crippen LogP contribution in [0, 0.1) is 5.82 Å². The van der Waals surface area contributed by atoms with Crippen molar-refractivity contribution in [1.82, 2.24) is 8.94 Å². The van der Waals surface area contributed by atoms with Gasteiger partial charge < -0.3 is 4.57 Å². The number of thiophene rings is 1. The predicted octanol–water partition coefficient (Wildman–Crippen LogP) is 4.11. The number of pyridine rings is 1. The molecule has 5 rings (SSSR count). The monoisotopic (exact) mass is 358 g/mol. The SMILES string of the molecule is O=c1[nH]sc2c1c(=O)c1cc(F)c(-c3ccsc3)cc1n2C1CC1. The van der Waals surface area contributed by atoms with Gasteiger partial charge in [0.15, 0.2) is 0 Å². The van der Waals surface area contributed by atoms with Gasteiger partial charge in [0.05, 0.1) is 5.52 Å². The zero-order valence-electron chi connectivity index (χ0n) is 12.3. The first-order valence-corrected chi connectivity index (χ1v) is 9.32. The summed E-state index contributed by atoms with van der Waals surface area (Å²) in [6.45, 7) is 0. The normalized spacial score (nSPS) is 14.7. The lowest BCUT2D eigenvalue weighted by atomic mass is 10.0. The fourth-order valence-electron chi connectivity index (χ4n) is 3.19. The van der Waals surface area contributed by atoms with E-state index in [0.29, 0.717) is 15.9 Å². The van der Waals surface area contributed by atoms with Gasteiger partial charge in [0.25, 0.3) is 5.56 Å². The third-order valence-electron chi connectivity index (χ3n) is 4.46. The molecule has 1 N–H and O–H groups in total. The number of aromatic amines is 1. The molecule has 4 nitrogen and oxygen atoms in total. The Morgan fingerprint density at radius 1 is 1.25 bits per heavy atom. The van der Waals surface area contributed by atoms with Crippen molar-refractivity contribution in [3.05, 3.63) is 55.4 Å². The molecule has 1 aliphatic carbocycles. The molecule has 1 aliphatic rings. The topological polar surface area (TPSA) is 54.9 Å². The Balaban J connectivity index is 1.99. The number of benzene rings is 1. The molecule has 1 saturated carbocycles. The lowest BCUT2D eigenvalue weighted by Gasteiger charge is -2.13. The molecule has 0 unspecified atom stereocenters. The van der Waals surface area contributed by atoms with Crippen LogP contribution in [0.3, 0.4) is 0 Å². The van der Waals surface area contributed by atoms with Gasteiger partial charge in [-0.25, -0.2) is 4.39 Å². The number of rotatable bonds is 2. The number of hydrogen-bond acceptors (Lipinski definition) is 4. The third kappa shape index (κ3) is 1.88. The van der Waals surface area contributed by atoms with Crippen molar-refractivity contribution in [3.63, 3.8) is 0 Å². The summed E-state index contributed by atoms with van der Waals surface area (Å²) in [5.41, 5.74) is 1.21. The van der Waals surface area contributed by atoms with Crippen LogP contribution in [-0.2, 0) is 0 Å². The van der Waals surface area contributed by atoms with Crippen molar-refractivity contribution in [1.29, 1.82) is 0 Å². The summed E-state index contributed by atoms with van der Waals surface area (Å²) >= 11 is 2.68. The molecule has 0 spiro atoms. The molecule has 1 aromatic carbocycles. The lowest BCUT2D eigenvalue weighted by molar-refractivity contribution is 0.632. The first kappa shape index (κ1) is 14.1. The Kier molecular flexibility index (Phi) is 2.87. The molecule has 0 aliphatic heterocycles. The van der Waals surface area contributed by atoms with Crippen LogP contribution in [0.25, 0.3) is 32.2 Å². The lowest BCUT2D eigenvalue weighted by Crippen LogP contribution is -2.15. The van der Waals surface area contributed by atoms with Gasteiger partial charge in [0.2, 0.25) is 5.43 Å². The standard InChI is InChI=1S/C17H11FN2O2S2/c18-12-5-11-13(6-10(12)8-3-4-23-7-8)20(9-1-2-9)17-14(15(11)21)16(22)19-24-17/h3-7,9H,1-2H2,(H,19,22). The minimum absolute atomic E-state index is 0.141. The first-order chi connectivity index (χ1) is 11.6. The minimum Gasteiger partial charge on any atom is -0.328 e. The number of halogens is 1. The molecule has 3 aromatic heterocycles. The van der Waals surface area contributed by atoms with E-state index in [1.54, 1.807) is 6.07 Å². The number of nitrogens with zero attached hydrogens (tertiary/aromatic N) is 1. The third-order valence-corrected chi connectivity index (χ3v) is 6.03. The van der Waals surface area contributed by atoms with Crippen molar-refractivity contribution >= 4 is 44.0 Å². The molecule has 0 amide bonds. The van der Waals surface area contributed by atoms with Gasteiger partial charge in [0.1, 0.15) is 16.0 Å². The van der Waals surface area contributed by atoms with Crippen LogP contribution < -0.4 is 11.0 Å². The quantitative estimate of drug-likeness (QED) is 0.586. The van der Waals surface area contributed by atoms with E-state index in [1.807, 2.05) is 21.4 Å². The maximum Gasteiger partial charge on any atom is 0.271 e. The van der Waals surface area contributed by atoms with E-state index in [9.17, 15) is 14.0 Å². The molecule has 0 bridgehead atoms. The van der Waals surface area contributed by atoms with Crippen molar-refractivity contribution in [3.8, 4) is 11.1 Å². The highest BCUT2D eigenvalue weighted by Gasteiger charge is 2.29. The molecule has 7 heteroatoms. The van der Waals surface area contributed by atoms with E-state index >= 15 is 0 Å².